The molecule has 0 aliphatic heterocycles. The summed E-state index contributed by atoms with van der Waals surface area (Å²) in [6.45, 7) is 4.73. The minimum absolute atomic E-state index is 0.0826. The number of para-hydroxylation sites is 2. The molecule has 1 fully saturated rings. The van der Waals surface area contributed by atoms with Gasteiger partial charge in [0.05, 0.1) is 16.7 Å². The third-order valence-electron chi connectivity index (χ3n) is 14.4. The predicted molar refractivity (Wildman–Crippen MR) is 267 cm³/mol. The zero-order chi connectivity index (χ0) is 42.1. The van der Waals surface area contributed by atoms with E-state index in [0.29, 0.717) is 5.92 Å². The van der Waals surface area contributed by atoms with E-state index in [-0.39, 0.29) is 5.41 Å². The van der Waals surface area contributed by atoms with Crippen molar-refractivity contribution in [3.8, 4) is 39.1 Å². The van der Waals surface area contributed by atoms with Crippen LogP contribution in [0.5, 0.6) is 0 Å². The Hall–Kier alpha value is -7.16. The van der Waals surface area contributed by atoms with E-state index in [2.05, 4.69) is 224 Å². The van der Waals surface area contributed by atoms with E-state index in [0.717, 1.165) is 17.1 Å². The SMILES string of the molecule is CC1(C)c2ccccc2-c2cc(N(c3ccc(-c4ccc(C5CCCCC5)cc4)cc3)c3c(-c4ccc5c6ccccc6n(-c6ccccc6)c5c4)ccc4ccccc34)ccc21. The zero-order valence-corrected chi connectivity index (χ0v) is 36.1. The fraction of sp³-hybridized carbons (Fsp3) is 0.148. The molecule has 63 heavy (non-hydrogen) atoms. The highest BCUT2D eigenvalue weighted by atomic mass is 15.1. The predicted octanol–water partition coefficient (Wildman–Crippen LogP) is 17.1. The zero-order valence-electron chi connectivity index (χ0n) is 36.1. The van der Waals surface area contributed by atoms with Crippen molar-refractivity contribution in [1.82, 2.24) is 4.57 Å². The first kappa shape index (κ1) is 37.6. The summed E-state index contributed by atoms with van der Waals surface area (Å²) in [6.07, 6.45) is 6.71. The van der Waals surface area contributed by atoms with Crippen LogP contribution in [0.25, 0.3) is 71.6 Å². The number of fused-ring (bicyclic) bond motifs is 7. The monoisotopic (exact) mass is 810 g/mol. The van der Waals surface area contributed by atoms with Crippen LogP contribution in [-0.4, -0.2) is 4.57 Å². The van der Waals surface area contributed by atoms with Gasteiger partial charge in [0.1, 0.15) is 0 Å². The van der Waals surface area contributed by atoms with E-state index >= 15 is 0 Å². The maximum atomic E-state index is 2.53. The lowest BCUT2D eigenvalue weighted by Crippen LogP contribution is -2.15. The minimum atomic E-state index is -0.0826. The summed E-state index contributed by atoms with van der Waals surface area (Å²) in [4.78, 5) is 2.53. The van der Waals surface area contributed by atoms with E-state index in [1.807, 2.05) is 0 Å². The molecule has 2 heteroatoms. The van der Waals surface area contributed by atoms with Gasteiger partial charge in [0.25, 0.3) is 0 Å². The molecule has 9 aromatic carbocycles. The Morgan fingerprint density at radius 1 is 0.444 bits per heavy atom. The second-order valence-electron chi connectivity index (χ2n) is 18.3. The van der Waals surface area contributed by atoms with Crippen molar-refractivity contribution in [2.45, 2.75) is 57.3 Å². The molecule has 1 heterocycles. The molecular formula is C61H50N2. The smallest absolute Gasteiger partial charge is 0.0618 e. The Labute approximate surface area is 370 Å². The maximum absolute atomic E-state index is 2.53. The first-order valence-corrected chi connectivity index (χ1v) is 22.9. The van der Waals surface area contributed by atoms with Crippen LogP contribution in [0.2, 0.25) is 0 Å². The number of anilines is 3. The lowest BCUT2D eigenvalue weighted by atomic mass is 9.82. The summed E-state index contributed by atoms with van der Waals surface area (Å²) in [6, 6.07) is 75.1. The van der Waals surface area contributed by atoms with E-state index in [1.165, 1.54) is 120 Å². The molecule has 0 radical (unpaired) electrons. The summed E-state index contributed by atoms with van der Waals surface area (Å²) in [5.41, 5.74) is 18.7. The average molecular weight is 811 g/mol. The van der Waals surface area contributed by atoms with Gasteiger partial charge < -0.3 is 9.47 Å². The second kappa shape index (κ2) is 15.0. The molecule has 0 amide bonds. The van der Waals surface area contributed by atoms with Gasteiger partial charge in [0.2, 0.25) is 0 Å². The summed E-state index contributed by atoms with van der Waals surface area (Å²) in [5.74, 6) is 0.700. The van der Waals surface area contributed by atoms with E-state index < -0.39 is 0 Å². The van der Waals surface area contributed by atoms with Crippen molar-refractivity contribution in [2.75, 3.05) is 4.90 Å². The molecule has 0 spiro atoms. The molecule has 0 bridgehead atoms. The van der Waals surface area contributed by atoms with E-state index in [4.69, 9.17) is 0 Å². The van der Waals surface area contributed by atoms with Crippen molar-refractivity contribution in [3.63, 3.8) is 0 Å². The standard InChI is InChI=1S/C61H50N2/c1-61(2)56-23-13-11-21-52(56)55-40-49(35-38-57(55)61)62(48-33-29-44(30-34-48)43-27-25-42(26-28-43)41-15-5-3-6-16-41)60-50-20-10-9-17-45(50)31-36-51(60)46-32-37-54-53-22-12-14-24-58(53)63(59(54)39-46)47-18-7-4-8-19-47/h4,7-14,17-41H,3,5-6,15-16H2,1-2H3. The molecule has 2 aliphatic rings. The molecule has 1 saturated carbocycles. The van der Waals surface area contributed by atoms with Gasteiger partial charge in [-0.2, -0.15) is 0 Å². The van der Waals surface area contributed by atoms with Crippen LogP contribution >= 0.6 is 0 Å². The summed E-state index contributed by atoms with van der Waals surface area (Å²) in [5, 5.41) is 4.93. The lowest BCUT2D eigenvalue weighted by molar-refractivity contribution is 0.443. The fourth-order valence-electron chi connectivity index (χ4n) is 11.2. The molecule has 0 N–H and O–H groups in total. The van der Waals surface area contributed by atoms with Crippen LogP contribution in [0.15, 0.2) is 200 Å². The molecule has 0 unspecified atom stereocenters. The van der Waals surface area contributed by atoms with Gasteiger partial charge in [-0.05, 0) is 117 Å². The Kier molecular flexibility index (Phi) is 8.97. The highest BCUT2D eigenvalue weighted by molar-refractivity contribution is 6.12. The molecule has 0 saturated heterocycles. The number of nitrogens with zero attached hydrogens (tertiary/aromatic N) is 2. The normalized spacial score (nSPS) is 14.6. The Morgan fingerprint density at radius 2 is 1.08 bits per heavy atom. The molecule has 0 atom stereocenters. The third kappa shape index (κ3) is 6.22. The molecule has 2 aliphatic carbocycles. The molecular weight excluding hydrogens is 761 g/mol. The van der Waals surface area contributed by atoms with Crippen LogP contribution < -0.4 is 4.90 Å². The summed E-state index contributed by atoms with van der Waals surface area (Å²) < 4.78 is 2.42. The van der Waals surface area contributed by atoms with Gasteiger partial charge in [-0.25, -0.2) is 0 Å². The third-order valence-corrected chi connectivity index (χ3v) is 14.4. The number of aromatic nitrogens is 1. The first-order valence-electron chi connectivity index (χ1n) is 22.9. The number of benzene rings is 9. The highest BCUT2D eigenvalue weighted by Gasteiger charge is 2.36. The average Bonchev–Trinajstić information content (AvgIpc) is 3.80. The van der Waals surface area contributed by atoms with Gasteiger partial charge in [-0.1, -0.05) is 185 Å². The fourth-order valence-corrected chi connectivity index (χ4v) is 11.2. The second-order valence-corrected chi connectivity index (χ2v) is 18.3. The van der Waals surface area contributed by atoms with Gasteiger partial charge in [-0.15, -0.1) is 0 Å². The number of hydrogen-bond acceptors (Lipinski definition) is 1. The van der Waals surface area contributed by atoms with Crippen molar-refractivity contribution in [1.29, 1.82) is 0 Å². The summed E-state index contributed by atoms with van der Waals surface area (Å²) >= 11 is 0. The first-order chi connectivity index (χ1) is 31.0. The van der Waals surface area contributed by atoms with Gasteiger partial charge in [0, 0.05) is 44.2 Å². The van der Waals surface area contributed by atoms with Crippen molar-refractivity contribution >= 4 is 49.6 Å². The largest absolute Gasteiger partial charge is 0.309 e. The molecule has 1 aromatic heterocycles. The van der Waals surface area contributed by atoms with Crippen molar-refractivity contribution in [2.24, 2.45) is 0 Å². The maximum Gasteiger partial charge on any atom is 0.0618 e. The van der Waals surface area contributed by atoms with Crippen LogP contribution in [-0.2, 0) is 5.41 Å². The van der Waals surface area contributed by atoms with Crippen molar-refractivity contribution < 1.29 is 0 Å². The molecule has 12 rings (SSSR count). The van der Waals surface area contributed by atoms with Gasteiger partial charge >= 0.3 is 0 Å². The number of rotatable bonds is 7. The highest BCUT2D eigenvalue weighted by Crippen LogP contribution is 2.52. The van der Waals surface area contributed by atoms with Gasteiger partial charge in [0.15, 0.2) is 0 Å². The van der Waals surface area contributed by atoms with Crippen LogP contribution in [0.3, 0.4) is 0 Å². The minimum Gasteiger partial charge on any atom is -0.309 e. The van der Waals surface area contributed by atoms with Crippen LogP contribution in [0.1, 0.15) is 68.6 Å². The topological polar surface area (TPSA) is 8.17 Å². The molecule has 10 aromatic rings. The quantitative estimate of drug-likeness (QED) is 0.156. The Morgan fingerprint density at radius 3 is 1.89 bits per heavy atom. The Bertz CT molecular complexity index is 3330. The van der Waals surface area contributed by atoms with E-state index in [1.54, 1.807) is 0 Å². The Balaban J connectivity index is 1.07. The number of hydrogen-bond donors (Lipinski definition) is 0. The molecule has 2 nitrogen and oxygen atoms in total. The van der Waals surface area contributed by atoms with E-state index in [9.17, 15) is 0 Å². The van der Waals surface area contributed by atoms with Crippen molar-refractivity contribution in [3.05, 3.63) is 217 Å². The lowest BCUT2D eigenvalue weighted by Gasteiger charge is -2.30. The van der Waals surface area contributed by atoms with Crippen LogP contribution in [0.4, 0.5) is 17.1 Å². The molecule has 304 valence electrons. The summed E-state index contributed by atoms with van der Waals surface area (Å²) in [7, 11) is 0. The van der Waals surface area contributed by atoms with Gasteiger partial charge in [-0.3, -0.25) is 0 Å². The van der Waals surface area contributed by atoms with Crippen LogP contribution in [0, 0.1) is 0 Å².